The molecule has 1 amide bonds. The van der Waals surface area contributed by atoms with Crippen LogP contribution < -0.4 is 0 Å². The topological polar surface area (TPSA) is 57.7 Å². The molecular formula is C16H23ClN2O3S. The molecule has 1 fully saturated rings. The van der Waals surface area contributed by atoms with E-state index in [9.17, 15) is 13.2 Å². The molecule has 23 heavy (non-hydrogen) atoms. The van der Waals surface area contributed by atoms with E-state index in [1.807, 2.05) is 0 Å². The molecule has 0 aromatic heterocycles. The van der Waals surface area contributed by atoms with Crippen molar-refractivity contribution in [2.45, 2.75) is 26.3 Å². The Labute approximate surface area is 143 Å². The standard InChI is InChI=1S/C16H23ClN2O3S/c1-13-7-9-18(10-8-13)16(20)12-19(23(2,21)22)11-14-3-5-15(17)6-4-14/h3-6,13H,7-12H2,1-2H3. The fourth-order valence-electron chi connectivity index (χ4n) is 2.59. The van der Waals surface area contributed by atoms with Gasteiger partial charge in [0.15, 0.2) is 0 Å². The Morgan fingerprint density at radius 1 is 1.26 bits per heavy atom. The highest BCUT2D eigenvalue weighted by atomic mass is 35.5. The number of halogens is 1. The number of amides is 1. The van der Waals surface area contributed by atoms with Gasteiger partial charge >= 0.3 is 0 Å². The molecule has 128 valence electrons. The highest BCUT2D eigenvalue weighted by Crippen LogP contribution is 2.17. The number of carbonyl (C=O) groups is 1. The van der Waals surface area contributed by atoms with Gasteiger partial charge in [-0.05, 0) is 36.5 Å². The van der Waals surface area contributed by atoms with E-state index >= 15 is 0 Å². The highest BCUT2D eigenvalue weighted by Gasteiger charge is 2.26. The minimum Gasteiger partial charge on any atom is -0.342 e. The van der Waals surface area contributed by atoms with Crippen molar-refractivity contribution in [1.82, 2.24) is 9.21 Å². The lowest BCUT2D eigenvalue weighted by Crippen LogP contribution is -2.45. The van der Waals surface area contributed by atoms with Gasteiger partial charge in [-0.2, -0.15) is 4.31 Å². The van der Waals surface area contributed by atoms with E-state index in [0.29, 0.717) is 24.0 Å². The van der Waals surface area contributed by atoms with Crippen LogP contribution in [0.15, 0.2) is 24.3 Å². The molecule has 0 saturated carbocycles. The number of likely N-dealkylation sites (tertiary alicyclic amines) is 1. The van der Waals surface area contributed by atoms with Crippen LogP contribution in [0.25, 0.3) is 0 Å². The lowest BCUT2D eigenvalue weighted by atomic mass is 9.99. The maximum absolute atomic E-state index is 12.4. The average Bonchev–Trinajstić information content (AvgIpc) is 2.48. The SMILES string of the molecule is CC1CCN(C(=O)CN(Cc2ccc(Cl)cc2)S(C)(=O)=O)CC1. The molecule has 1 aliphatic heterocycles. The van der Waals surface area contributed by atoms with Crippen LogP contribution in [0.5, 0.6) is 0 Å². The van der Waals surface area contributed by atoms with Crippen molar-refractivity contribution in [3.8, 4) is 0 Å². The summed E-state index contributed by atoms with van der Waals surface area (Å²) < 4.78 is 25.2. The zero-order valence-electron chi connectivity index (χ0n) is 13.5. The third kappa shape index (κ3) is 5.48. The van der Waals surface area contributed by atoms with Gasteiger partial charge in [0.05, 0.1) is 12.8 Å². The van der Waals surface area contributed by atoms with Crippen LogP contribution in [0, 0.1) is 5.92 Å². The molecule has 0 spiro atoms. The molecule has 0 bridgehead atoms. The second kappa shape index (κ2) is 7.64. The third-order valence-corrected chi connectivity index (χ3v) is 5.64. The van der Waals surface area contributed by atoms with Gasteiger partial charge in [-0.1, -0.05) is 30.7 Å². The number of rotatable bonds is 5. The van der Waals surface area contributed by atoms with Gasteiger partial charge < -0.3 is 4.90 Å². The Kier molecular flexibility index (Phi) is 6.06. The van der Waals surface area contributed by atoms with Crippen LogP contribution in [-0.4, -0.2) is 49.4 Å². The number of carbonyl (C=O) groups excluding carboxylic acids is 1. The highest BCUT2D eigenvalue weighted by molar-refractivity contribution is 7.88. The van der Waals surface area contributed by atoms with Crippen molar-refractivity contribution in [1.29, 1.82) is 0 Å². The van der Waals surface area contributed by atoms with Gasteiger partial charge in [0.1, 0.15) is 0 Å². The first-order valence-electron chi connectivity index (χ1n) is 7.73. The summed E-state index contributed by atoms with van der Waals surface area (Å²) in [6.45, 7) is 3.64. The summed E-state index contributed by atoms with van der Waals surface area (Å²) in [6.07, 6.45) is 3.08. The maximum atomic E-state index is 12.4. The normalized spacial score (nSPS) is 16.8. The van der Waals surface area contributed by atoms with E-state index in [2.05, 4.69) is 6.92 Å². The first kappa shape index (κ1) is 18.2. The average molecular weight is 359 g/mol. The number of nitrogens with zero attached hydrogens (tertiary/aromatic N) is 2. The molecule has 0 aliphatic carbocycles. The van der Waals surface area contributed by atoms with Crippen LogP contribution in [0.1, 0.15) is 25.3 Å². The van der Waals surface area contributed by atoms with E-state index in [0.717, 1.165) is 24.7 Å². The molecule has 1 heterocycles. The molecule has 0 radical (unpaired) electrons. The number of sulfonamides is 1. The molecule has 1 aromatic rings. The van der Waals surface area contributed by atoms with Crippen molar-refractivity contribution in [3.05, 3.63) is 34.9 Å². The fraction of sp³-hybridized carbons (Fsp3) is 0.562. The van der Waals surface area contributed by atoms with Crippen molar-refractivity contribution in [3.63, 3.8) is 0 Å². The van der Waals surface area contributed by atoms with Crippen molar-refractivity contribution in [2.24, 2.45) is 5.92 Å². The van der Waals surface area contributed by atoms with Crippen LogP contribution in [-0.2, 0) is 21.4 Å². The molecule has 0 N–H and O–H groups in total. The minimum absolute atomic E-state index is 0.115. The van der Waals surface area contributed by atoms with Crippen LogP contribution in [0.3, 0.4) is 0 Å². The summed E-state index contributed by atoms with van der Waals surface area (Å²) in [4.78, 5) is 14.2. The maximum Gasteiger partial charge on any atom is 0.237 e. The summed E-state index contributed by atoms with van der Waals surface area (Å²) in [5.74, 6) is 0.496. The van der Waals surface area contributed by atoms with Gasteiger partial charge in [0.25, 0.3) is 0 Å². The summed E-state index contributed by atoms with van der Waals surface area (Å²) in [7, 11) is -3.46. The molecule has 0 unspecified atom stereocenters. The predicted octanol–water partition coefficient (Wildman–Crippen LogP) is 2.36. The van der Waals surface area contributed by atoms with Gasteiger partial charge in [0.2, 0.25) is 15.9 Å². The van der Waals surface area contributed by atoms with Gasteiger partial charge in [-0.25, -0.2) is 8.42 Å². The lowest BCUT2D eigenvalue weighted by Gasteiger charge is -2.32. The molecule has 1 aliphatic rings. The molecule has 1 saturated heterocycles. The number of hydrogen-bond acceptors (Lipinski definition) is 3. The Balaban J connectivity index is 2.04. The number of hydrogen-bond donors (Lipinski definition) is 0. The van der Waals surface area contributed by atoms with Crippen molar-refractivity contribution >= 4 is 27.5 Å². The molecule has 5 nitrogen and oxygen atoms in total. The van der Waals surface area contributed by atoms with E-state index in [-0.39, 0.29) is 19.0 Å². The second-order valence-electron chi connectivity index (χ2n) is 6.22. The largest absolute Gasteiger partial charge is 0.342 e. The Hall–Kier alpha value is -1.11. The molecule has 7 heteroatoms. The van der Waals surface area contributed by atoms with Crippen LogP contribution in [0.4, 0.5) is 0 Å². The van der Waals surface area contributed by atoms with Gasteiger partial charge in [-0.3, -0.25) is 4.79 Å². The Morgan fingerprint density at radius 3 is 2.35 bits per heavy atom. The minimum atomic E-state index is -3.46. The second-order valence-corrected chi connectivity index (χ2v) is 8.64. The zero-order valence-corrected chi connectivity index (χ0v) is 15.1. The Bertz CT molecular complexity index is 638. The smallest absolute Gasteiger partial charge is 0.237 e. The monoisotopic (exact) mass is 358 g/mol. The van der Waals surface area contributed by atoms with Crippen molar-refractivity contribution in [2.75, 3.05) is 25.9 Å². The zero-order chi connectivity index (χ0) is 17.0. The summed E-state index contributed by atoms with van der Waals surface area (Å²) in [6, 6.07) is 6.97. The van der Waals surface area contributed by atoms with E-state index in [1.54, 1.807) is 29.2 Å². The number of piperidine rings is 1. The molecule has 1 aromatic carbocycles. The van der Waals surface area contributed by atoms with Gasteiger partial charge in [0, 0.05) is 24.7 Å². The predicted molar refractivity (Wildman–Crippen MR) is 91.7 cm³/mol. The van der Waals surface area contributed by atoms with E-state index in [1.165, 1.54) is 4.31 Å². The van der Waals surface area contributed by atoms with E-state index < -0.39 is 10.0 Å². The third-order valence-electron chi connectivity index (χ3n) is 4.19. The fourth-order valence-corrected chi connectivity index (χ4v) is 3.45. The quantitative estimate of drug-likeness (QED) is 0.811. The molecule has 2 rings (SSSR count). The lowest BCUT2D eigenvalue weighted by molar-refractivity contribution is -0.132. The summed E-state index contributed by atoms with van der Waals surface area (Å²) in [5, 5.41) is 0.596. The molecule has 0 atom stereocenters. The summed E-state index contributed by atoms with van der Waals surface area (Å²) in [5.41, 5.74) is 0.805. The molecular weight excluding hydrogens is 336 g/mol. The van der Waals surface area contributed by atoms with Crippen molar-refractivity contribution < 1.29 is 13.2 Å². The first-order chi connectivity index (χ1) is 10.8. The first-order valence-corrected chi connectivity index (χ1v) is 9.95. The van der Waals surface area contributed by atoms with E-state index in [4.69, 9.17) is 11.6 Å². The summed E-state index contributed by atoms with van der Waals surface area (Å²) >= 11 is 5.84. The van der Waals surface area contributed by atoms with Crippen LogP contribution in [0.2, 0.25) is 5.02 Å². The Morgan fingerprint density at radius 2 is 1.83 bits per heavy atom. The van der Waals surface area contributed by atoms with Crippen LogP contribution >= 0.6 is 11.6 Å². The number of benzene rings is 1. The van der Waals surface area contributed by atoms with Gasteiger partial charge in [-0.15, -0.1) is 0 Å².